The molecule has 1 aromatic carbocycles. The number of benzene rings is 1. The monoisotopic (exact) mass is 312 g/mol. The predicted molar refractivity (Wildman–Crippen MR) is 75.4 cm³/mol. The Balaban J connectivity index is 1.82. The Morgan fingerprint density at radius 3 is 2.83 bits per heavy atom. The van der Waals surface area contributed by atoms with Crippen LogP contribution in [0.25, 0.3) is 0 Å². The van der Waals surface area contributed by atoms with Crippen LogP contribution in [0.4, 0.5) is 11.4 Å². The lowest BCUT2D eigenvalue weighted by molar-refractivity contribution is -0.122. The second-order valence-electron chi connectivity index (χ2n) is 4.50. The number of nitrogens with two attached hydrogens (primary N) is 1. The molecular weight excluding hydrogens is 296 g/mol. The second kappa shape index (κ2) is 6.20. The molecule has 4 nitrogen and oxygen atoms in total. The van der Waals surface area contributed by atoms with Gasteiger partial charge in [0.1, 0.15) is 6.61 Å². The van der Waals surface area contributed by atoms with Crippen molar-refractivity contribution in [2.24, 2.45) is 0 Å². The van der Waals surface area contributed by atoms with Crippen LogP contribution in [-0.2, 0) is 9.53 Å². The molecule has 1 aliphatic carbocycles. The van der Waals surface area contributed by atoms with Crippen molar-refractivity contribution in [3.63, 3.8) is 0 Å². The van der Waals surface area contributed by atoms with Crippen molar-refractivity contribution in [3.05, 3.63) is 22.7 Å². The molecule has 0 spiro atoms. The van der Waals surface area contributed by atoms with Crippen LogP contribution in [0, 0.1) is 0 Å². The number of carbonyl (C=O) groups is 1. The molecule has 2 rings (SSSR count). The Labute approximate surface area is 115 Å². The quantitative estimate of drug-likeness (QED) is 0.840. The van der Waals surface area contributed by atoms with E-state index in [4.69, 9.17) is 10.5 Å². The Kier molecular flexibility index (Phi) is 4.60. The number of hydrogen-bond acceptors (Lipinski definition) is 3. The van der Waals surface area contributed by atoms with Crippen LogP contribution < -0.4 is 11.1 Å². The van der Waals surface area contributed by atoms with Crippen LogP contribution >= 0.6 is 15.9 Å². The summed E-state index contributed by atoms with van der Waals surface area (Å²) in [6, 6.07) is 5.28. The Bertz CT molecular complexity index is 431. The first-order valence-corrected chi connectivity index (χ1v) is 6.91. The van der Waals surface area contributed by atoms with E-state index in [0.29, 0.717) is 11.4 Å². The maximum absolute atomic E-state index is 11.7. The van der Waals surface area contributed by atoms with Crippen molar-refractivity contribution in [1.82, 2.24) is 0 Å². The van der Waals surface area contributed by atoms with E-state index in [0.717, 1.165) is 17.3 Å². The van der Waals surface area contributed by atoms with E-state index < -0.39 is 0 Å². The second-order valence-corrected chi connectivity index (χ2v) is 5.36. The minimum absolute atomic E-state index is 0.113. The van der Waals surface area contributed by atoms with Crippen molar-refractivity contribution in [1.29, 1.82) is 0 Å². The third-order valence-corrected chi connectivity index (χ3v) is 3.68. The van der Waals surface area contributed by atoms with Gasteiger partial charge in [0.2, 0.25) is 5.91 Å². The molecule has 1 amide bonds. The first-order chi connectivity index (χ1) is 8.65. The zero-order chi connectivity index (χ0) is 13.0. The summed E-state index contributed by atoms with van der Waals surface area (Å²) in [5.41, 5.74) is 7.00. The summed E-state index contributed by atoms with van der Waals surface area (Å²) in [5.74, 6) is -0.132. The van der Waals surface area contributed by atoms with Crippen molar-refractivity contribution >= 4 is 33.2 Å². The summed E-state index contributed by atoms with van der Waals surface area (Å²) in [6.07, 6.45) is 4.80. The average molecular weight is 313 g/mol. The number of hydrogen-bond donors (Lipinski definition) is 2. The van der Waals surface area contributed by atoms with Crippen LogP contribution in [0.1, 0.15) is 25.7 Å². The van der Waals surface area contributed by atoms with E-state index in [2.05, 4.69) is 21.2 Å². The first kappa shape index (κ1) is 13.4. The van der Waals surface area contributed by atoms with E-state index in [1.807, 2.05) is 0 Å². The lowest BCUT2D eigenvalue weighted by Crippen LogP contribution is -2.22. The van der Waals surface area contributed by atoms with Gasteiger partial charge in [0, 0.05) is 10.2 Å². The largest absolute Gasteiger partial charge is 0.399 e. The van der Waals surface area contributed by atoms with Gasteiger partial charge in [0.05, 0.1) is 11.8 Å². The van der Waals surface area contributed by atoms with Gasteiger partial charge in [-0.2, -0.15) is 0 Å². The first-order valence-electron chi connectivity index (χ1n) is 6.11. The van der Waals surface area contributed by atoms with Gasteiger partial charge in [-0.05, 0) is 47.0 Å². The van der Waals surface area contributed by atoms with Gasteiger partial charge in [-0.3, -0.25) is 4.79 Å². The third-order valence-electron chi connectivity index (χ3n) is 3.02. The lowest BCUT2D eigenvalue weighted by atomic mass is 10.3. The standard InChI is InChI=1S/C13H17BrN2O2/c14-11-7-9(15)5-6-12(11)16-13(17)8-18-10-3-1-2-4-10/h5-7,10H,1-4,8,15H2,(H,16,17). The summed E-state index contributed by atoms with van der Waals surface area (Å²) < 4.78 is 6.32. The molecule has 0 unspecified atom stereocenters. The van der Waals surface area contributed by atoms with Gasteiger partial charge in [0.25, 0.3) is 0 Å². The van der Waals surface area contributed by atoms with Gasteiger partial charge in [-0.25, -0.2) is 0 Å². The fraction of sp³-hybridized carbons (Fsp3) is 0.462. The molecule has 0 aliphatic heterocycles. The number of rotatable bonds is 4. The summed E-state index contributed by atoms with van der Waals surface area (Å²) in [6.45, 7) is 0.113. The van der Waals surface area contributed by atoms with Crippen molar-refractivity contribution in [2.75, 3.05) is 17.7 Å². The van der Waals surface area contributed by atoms with E-state index in [9.17, 15) is 4.79 Å². The summed E-state index contributed by atoms with van der Waals surface area (Å²) in [5, 5.41) is 2.80. The highest BCUT2D eigenvalue weighted by molar-refractivity contribution is 9.10. The van der Waals surface area contributed by atoms with Crippen molar-refractivity contribution in [3.8, 4) is 0 Å². The van der Waals surface area contributed by atoms with Gasteiger partial charge in [-0.1, -0.05) is 12.8 Å². The molecule has 1 fully saturated rings. The van der Waals surface area contributed by atoms with Gasteiger partial charge >= 0.3 is 0 Å². The van der Waals surface area contributed by atoms with E-state index in [1.54, 1.807) is 18.2 Å². The fourth-order valence-electron chi connectivity index (χ4n) is 2.07. The molecule has 5 heteroatoms. The fourth-order valence-corrected chi connectivity index (χ4v) is 2.56. The SMILES string of the molecule is Nc1ccc(NC(=O)COC2CCCC2)c(Br)c1. The summed E-state index contributed by atoms with van der Waals surface area (Å²) in [7, 11) is 0. The number of anilines is 2. The van der Waals surface area contributed by atoms with E-state index in [1.165, 1.54) is 12.8 Å². The molecule has 0 heterocycles. The highest BCUT2D eigenvalue weighted by Gasteiger charge is 2.16. The predicted octanol–water partition coefficient (Wildman–Crippen LogP) is 2.93. The molecule has 1 aromatic rings. The highest BCUT2D eigenvalue weighted by atomic mass is 79.9. The zero-order valence-electron chi connectivity index (χ0n) is 10.1. The minimum atomic E-state index is -0.132. The molecular formula is C13H17BrN2O2. The molecule has 0 aromatic heterocycles. The Morgan fingerprint density at radius 2 is 2.17 bits per heavy atom. The molecule has 0 radical (unpaired) electrons. The third kappa shape index (κ3) is 3.71. The number of nitrogen functional groups attached to an aromatic ring is 1. The molecule has 1 saturated carbocycles. The maximum atomic E-state index is 11.7. The highest BCUT2D eigenvalue weighted by Crippen LogP contribution is 2.25. The molecule has 0 atom stereocenters. The van der Waals surface area contributed by atoms with Crippen LogP contribution in [0.3, 0.4) is 0 Å². The van der Waals surface area contributed by atoms with E-state index >= 15 is 0 Å². The van der Waals surface area contributed by atoms with Gasteiger partial charge in [-0.15, -0.1) is 0 Å². The van der Waals surface area contributed by atoms with Crippen LogP contribution in [0.15, 0.2) is 22.7 Å². The summed E-state index contributed by atoms with van der Waals surface area (Å²) in [4.78, 5) is 11.7. The lowest BCUT2D eigenvalue weighted by Gasteiger charge is -2.12. The topological polar surface area (TPSA) is 64.3 Å². The average Bonchev–Trinajstić information content (AvgIpc) is 2.83. The number of amides is 1. The van der Waals surface area contributed by atoms with Crippen LogP contribution in [0.5, 0.6) is 0 Å². The molecule has 0 saturated heterocycles. The number of carbonyl (C=O) groups excluding carboxylic acids is 1. The van der Waals surface area contributed by atoms with Crippen molar-refractivity contribution < 1.29 is 9.53 Å². The zero-order valence-corrected chi connectivity index (χ0v) is 11.7. The number of nitrogens with one attached hydrogen (secondary N) is 1. The minimum Gasteiger partial charge on any atom is -0.399 e. The smallest absolute Gasteiger partial charge is 0.250 e. The maximum Gasteiger partial charge on any atom is 0.250 e. The normalized spacial score (nSPS) is 15.8. The molecule has 18 heavy (non-hydrogen) atoms. The van der Waals surface area contributed by atoms with E-state index in [-0.39, 0.29) is 18.6 Å². The van der Waals surface area contributed by atoms with Gasteiger partial charge < -0.3 is 15.8 Å². The molecule has 0 bridgehead atoms. The van der Waals surface area contributed by atoms with Crippen molar-refractivity contribution in [2.45, 2.75) is 31.8 Å². The molecule has 98 valence electrons. The Morgan fingerprint density at radius 1 is 1.44 bits per heavy atom. The number of halogens is 1. The summed E-state index contributed by atoms with van der Waals surface area (Å²) >= 11 is 3.36. The van der Waals surface area contributed by atoms with Crippen LogP contribution in [-0.4, -0.2) is 18.6 Å². The Hall–Kier alpha value is -1.07. The van der Waals surface area contributed by atoms with Crippen LogP contribution in [0.2, 0.25) is 0 Å². The molecule has 3 N–H and O–H groups in total. The number of ether oxygens (including phenoxy) is 1. The molecule has 1 aliphatic rings. The van der Waals surface area contributed by atoms with Gasteiger partial charge in [0.15, 0.2) is 0 Å².